The van der Waals surface area contributed by atoms with Crippen molar-refractivity contribution in [2.45, 2.75) is 6.42 Å². The van der Waals surface area contributed by atoms with E-state index in [9.17, 15) is 9.90 Å². The predicted molar refractivity (Wildman–Crippen MR) is 60.3 cm³/mol. The summed E-state index contributed by atoms with van der Waals surface area (Å²) in [6.07, 6.45) is 5.16. The van der Waals surface area contributed by atoms with Gasteiger partial charge in [0, 0.05) is 24.5 Å². The minimum atomic E-state index is -0.184. The van der Waals surface area contributed by atoms with Gasteiger partial charge in [0.15, 0.2) is 0 Å². The molecule has 1 aromatic rings. The molecule has 4 nitrogen and oxygen atoms in total. The summed E-state index contributed by atoms with van der Waals surface area (Å²) in [5.41, 5.74) is 0.990. The molecule has 0 bridgehead atoms. The van der Waals surface area contributed by atoms with E-state index in [1.54, 1.807) is 18.3 Å². The van der Waals surface area contributed by atoms with Gasteiger partial charge in [0.25, 0.3) is 5.91 Å². The lowest BCUT2D eigenvalue weighted by molar-refractivity contribution is -0.122. The largest absolute Gasteiger partial charge is 0.507 e. The summed E-state index contributed by atoms with van der Waals surface area (Å²) in [6.45, 7) is 4.12. The molecule has 82 valence electrons. The average molecular weight is 216 g/mol. The van der Waals surface area contributed by atoms with Crippen molar-refractivity contribution in [3.05, 3.63) is 48.4 Å². The van der Waals surface area contributed by atoms with Crippen LogP contribution in [-0.4, -0.2) is 27.4 Å². The number of aliphatic hydroxyl groups is 1. The summed E-state index contributed by atoms with van der Waals surface area (Å²) in [4.78, 5) is 17.2. The number of rotatable bonds is 2. The van der Waals surface area contributed by atoms with Crippen LogP contribution in [0.2, 0.25) is 0 Å². The molecule has 1 amide bonds. The van der Waals surface area contributed by atoms with Crippen LogP contribution < -0.4 is 0 Å². The maximum absolute atomic E-state index is 11.8. The molecule has 4 heteroatoms. The molecule has 0 aliphatic carbocycles. The molecule has 2 rings (SSSR count). The Kier molecular flexibility index (Phi) is 2.72. The van der Waals surface area contributed by atoms with Crippen LogP contribution in [0, 0.1) is 0 Å². The molecule has 1 aromatic heterocycles. The third-order valence-electron chi connectivity index (χ3n) is 2.56. The van der Waals surface area contributed by atoms with Crippen molar-refractivity contribution < 1.29 is 9.90 Å². The van der Waals surface area contributed by atoms with Crippen LogP contribution in [0.4, 0.5) is 0 Å². The van der Waals surface area contributed by atoms with Crippen molar-refractivity contribution in [2.24, 2.45) is 0 Å². The molecular weight excluding hydrogens is 204 g/mol. The molecule has 1 saturated heterocycles. The Bertz CT molecular complexity index is 451. The fourth-order valence-corrected chi connectivity index (χ4v) is 1.69. The van der Waals surface area contributed by atoms with Gasteiger partial charge >= 0.3 is 0 Å². The highest BCUT2D eigenvalue weighted by Gasteiger charge is 2.27. The lowest BCUT2D eigenvalue weighted by atomic mass is 10.1. The number of likely N-dealkylation sites (tertiary alicyclic amines) is 1. The molecular formula is C12H12N2O2. The highest BCUT2D eigenvalue weighted by molar-refractivity contribution is 6.02. The fraction of sp³-hybridized carbons (Fsp3) is 0.167. The molecule has 0 spiro atoms. The van der Waals surface area contributed by atoms with Gasteiger partial charge in [0.2, 0.25) is 0 Å². The van der Waals surface area contributed by atoms with E-state index in [-0.39, 0.29) is 11.7 Å². The Morgan fingerprint density at radius 1 is 1.62 bits per heavy atom. The molecule has 0 saturated carbocycles. The minimum Gasteiger partial charge on any atom is -0.507 e. The van der Waals surface area contributed by atoms with Gasteiger partial charge in [0.1, 0.15) is 5.76 Å². The van der Waals surface area contributed by atoms with Gasteiger partial charge < -0.3 is 10.0 Å². The van der Waals surface area contributed by atoms with E-state index >= 15 is 0 Å². The Hall–Kier alpha value is -2.10. The maximum atomic E-state index is 11.8. The average Bonchev–Trinajstić information content (AvgIpc) is 2.70. The summed E-state index contributed by atoms with van der Waals surface area (Å²) in [7, 11) is 0. The number of carbonyl (C=O) groups excluding carboxylic acids is 1. The maximum Gasteiger partial charge on any atom is 0.257 e. The zero-order chi connectivity index (χ0) is 11.5. The first-order valence-electron chi connectivity index (χ1n) is 5.00. The van der Waals surface area contributed by atoms with E-state index in [0.29, 0.717) is 24.1 Å². The molecule has 0 radical (unpaired) electrons. The van der Waals surface area contributed by atoms with Gasteiger partial charge in [-0.05, 0) is 24.8 Å². The summed E-state index contributed by atoms with van der Waals surface area (Å²) < 4.78 is 0. The molecule has 1 aliphatic heterocycles. The van der Waals surface area contributed by atoms with Crippen molar-refractivity contribution in [3.63, 3.8) is 0 Å². The van der Waals surface area contributed by atoms with Crippen molar-refractivity contribution in [1.29, 1.82) is 0 Å². The number of hydrogen-bond acceptors (Lipinski definition) is 3. The van der Waals surface area contributed by atoms with Crippen LogP contribution in [0.15, 0.2) is 42.9 Å². The molecule has 0 atom stereocenters. The normalized spacial score (nSPS) is 18.8. The van der Waals surface area contributed by atoms with Gasteiger partial charge in [-0.15, -0.1) is 0 Å². The number of aliphatic hydroxyl groups excluding tert-OH is 1. The first-order chi connectivity index (χ1) is 7.74. The number of amides is 1. The zero-order valence-corrected chi connectivity index (χ0v) is 8.76. The van der Waals surface area contributed by atoms with Crippen LogP contribution in [-0.2, 0) is 4.79 Å². The minimum absolute atomic E-state index is 0.0162. The fourth-order valence-electron chi connectivity index (χ4n) is 1.69. The molecule has 2 heterocycles. The van der Waals surface area contributed by atoms with Crippen LogP contribution in [0.3, 0.4) is 0 Å². The van der Waals surface area contributed by atoms with E-state index in [1.807, 2.05) is 0 Å². The zero-order valence-electron chi connectivity index (χ0n) is 8.76. The standard InChI is InChI=1S/C12H12N2O2/c1-2-14-7-5-10(12(14)16)11(15)9-4-3-6-13-8-9/h2-4,6,8,15H,1,5,7H2. The Balaban J connectivity index is 2.37. The molecule has 0 unspecified atom stereocenters. The lowest BCUT2D eigenvalue weighted by Crippen LogP contribution is -2.18. The van der Waals surface area contributed by atoms with Crippen LogP contribution in [0.1, 0.15) is 12.0 Å². The van der Waals surface area contributed by atoms with Gasteiger partial charge in [-0.2, -0.15) is 0 Å². The predicted octanol–water partition coefficient (Wildman–Crippen LogP) is 1.73. The van der Waals surface area contributed by atoms with E-state index in [0.717, 1.165) is 0 Å². The quantitative estimate of drug-likeness (QED) is 0.605. The highest BCUT2D eigenvalue weighted by Crippen LogP contribution is 2.24. The second-order valence-electron chi connectivity index (χ2n) is 3.50. The highest BCUT2D eigenvalue weighted by atomic mass is 16.3. The first kappa shape index (κ1) is 10.4. The summed E-state index contributed by atoms with van der Waals surface area (Å²) in [5, 5.41) is 9.96. The number of aromatic nitrogens is 1. The summed E-state index contributed by atoms with van der Waals surface area (Å²) in [5.74, 6) is -0.168. The Labute approximate surface area is 93.5 Å². The third kappa shape index (κ3) is 1.69. The summed E-state index contributed by atoms with van der Waals surface area (Å²) >= 11 is 0. The Morgan fingerprint density at radius 2 is 2.44 bits per heavy atom. The number of pyridine rings is 1. The monoisotopic (exact) mass is 216 g/mol. The molecule has 1 N–H and O–H groups in total. The van der Waals surface area contributed by atoms with Crippen LogP contribution in [0.5, 0.6) is 0 Å². The van der Waals surface area contributed by atoms with Crippen molar-refractivity contribution in [2.75, 3.05) is 6.54 Å². The topological polar surface area (TPSA) is 53.4 Å². The van der Waals surface area contributed by atoms with Crippen LogP contribution >= 0.6 is 0 Å². The van der Waals surface area contributed by atoms with E-state index in [1.165, 1.54) is 17.3 Å². The number of hydrogen-bond donors (Lipinski definition) is 1. The van der Waals surface area contributed by atoms with Crippen molar-refractivity contribution in [1.82, 2.24) is 9.88 Å². The SMILES string of the molecule is C=CN1CCC(=C(O)c2cccnc2)C1=O. The first-order valence-corrected chi connectivity index (χ1v) is 5.00. The number of carbonyl (C=O) groups is 1. The van der Waals surface area contributed by atoms with Gasteiger partial charge in [-0.25, -0.2) is 0 Å². The molecule has 1 fully saturated rings. The number of nitrogens with zero attached hydrogens (tertiary/aromatic N) is 2. The van der Waals surface area contributed by atoms with Crippen molar-refractivity contribution >= 4 is 11.7 Å². The smallest absolute Gasteiger partial charge is 0.257 e. The van der Waals surface area contributed by atoms with Gasteiger partial charge in [-0.1, -0.05) is 6.58 Å². The van der Waals surface area contributed by atoms with Crippen LogP contribution in [0.25, 0.3) is 5.76 Å². The Morgan fingerprint density at radius 3 is 3.00 bits per heavy atom. The van der Waals surface area contributed by atoms with Gasteiger partial charge in [-0.3, -0.25) is 9.78 Å². The molecule has 1 aliphatic rings. The second kappa shape index (κ2) is 4.18. The van der Waals surface area contributed by atoms with E-state index in [4.69, 9.17) is 0 Å². The molecule has 16 heavy (non-hydrogen) atoms. The van der Waals surface area contributed by atoms with Gasteiger partial charge in [0.05, 0.1) is 5.57 Å². The van der Waals surface area contributed by atoms with Crippen molar-refractivity contribution in [3.8, 4) is 0 Å². The van der Waals surface area contributed by atoms with E-state index in [2.05, 4.69) is 11.6 Å². The van der Waals surface area contributed by atoms with E-state index < -0.39 is 0 Å². The third-order valence-corrected chi connectivity index (χ3v) is 2.56. The second-order valence-corrected chi connectivity index (χ2v) is 3.50. The summed E-state index contributed by atoms with van der Waals surface area (Å²) in [6, 6.07) is 3.44. The molecule has 0 aromatic carbocycles. The lowest BCUT2D eigenvalue weighted by Gasteiger charge is -2.07.